The molecule has 5 heteroatoms. The molecule has 1 N–H and O–H groups in total. The minimum atomic E-state index is -0.161. The van der Waals surface area contributed by atoms with Gasteiger partial charge in [-0.05, 0) is 49.4 Å². The van der Waals surface area contributed by atoms with Crippen LogP contribution in [0.2, 0.25) is 5.02 Å². The van der Waals surface area contributed by atoms with Crippen LogP contribution in [-0.4, -0.2) is 14.9 Å². The third-order valence-corrected chi connectivity index (χ3v) is 7.21. The number of nitrogens with one attached hydrogen (secondary N) is 1. The summed E-state index contributed by atoms with van der Waals surface area (Å²) >= 11 is 6.39. The summed E-state index contributed by atoms with van der Waals surface area (Å²) in [5, 5.41) is 3.60. The van der Waals surface area contributed by atoms with Gasteiger partial charge in [0.1, 0.15) is 11.3 Å². The van der Waals surface area contributed by atoms with Gasteiger partial charge in [-0.3, -0.25) is 9.20 Å². The molecule has 1 aliphatic heterocycles. The van der Waals surface area contributed by atoms with E-state index >= 15 is 0 Å². The third kappa shape index (κ3) is 3.75. The van der Waals surface area contributed by atoms with Gasteiger partial charge in [0.25, 0.3) is 5.91 Å². The second-order valence-corrected chi connectivity index (χ2v) is 9.59. The quantitative estimate of drug-likeness (QED) is 0.283. The number of halogens is 1. The van der Waals surface area contributed by atoms with Crippen molar-refractivity contribution in [3.63, 3.8) is 0 Å². The fourth-order valence-corrected chi connectivity index (χ4v) is 5.41. The molecule has 6 rings (SSSR count). The van der Waals surface area contributed by atoms with Gasteiger partial charge >= 0.3 is 0 Å². The Morgan fingerprint density at radius 3 is 2.40 bits per heavy atom. The van der Waals surface area contributed by atoms with Gasteiger partial charge in [0.2, 0.25) is 0 Å². The predicted molar refractivity (Wildman–Crippen MR) is 143 cm³/mol. The van der Waals surface area contributed by atoms with E-state index in [4.69, 9.17) is 11.6 Å². The number of nitrogens with zero attached hydrogens (tertiary/aromatic N) is 2. The van der Waals surface area contributed by atoms with Crippen LogP contribution in [0.3, 0.4) is 0 Å². The molecule has 2 aromatic heterocycles. The van der Waals surface area contributed by atoms with E-state index in [0.29, 0.717) is 16.4 Å². The molecule has 1 aliphatic rings. The number of hydrogen-bond acceptors (Lipinski definition) is 1. The smallest absolute Gasteiger partial charge is 0.273 e. The number of rotatable bonds is 4. The van der Waals surface area contributed by atoms with Crippen LogP contribution in [0.25, 0.3) is 28.0 Å². The van der Waals surface area contributed by atoms with E-state index in [0.717, 1.165) is 53.8 Å². The maximum atomic E-state index is 13.9. The van der Waals surface area contributed by atoms with E-state index < -0.39 is 0 Å². The van der Waals surface area contributed by atoms with E-state index in [-0.39, 0.29) is 5.91 Å². The number of amides is 1. The second-order valence-electron chi connectivity index (χ2n) is 9.18. The number of carbonyl (C=O) groups is 1. The number of hydrogen-bond donors (Lipinski definition) is 1. The van der Waals surface area contributed by atoms with Crippen molar-refractivity contribution < 1.29 is 4.79 Å². The zero-order chi connectivity index (χ0) is 23.9. The Hall–Kier alpha value is -3.76. The van der Waals surface area contributed by atoms with Crippen LogP contribution in [0.15, 0.2) is 85.1 Å². The highest BCUT2D eigenvalue weighted by molar-refractivity contribution is 6.34. The maximum Gasteiger partial charge on any atom is 0.273 e. The van der Waals surface area contributed by atoms with Crippen molar-refractivity contribution in [2.45, 2.75) is 32.7 Å². The lowest BCUT2D eigenvalue weighted by Gasteiger charge is -2.11. The minimum Gasteiger partial charge on any atom is -0.325 e. The summed E-state index contributed by atoms with van der Waals surface area (Å²) in [6.07, 6.45) is 5.25. The first-order chi connectivity index (χ1) is 17.1. The lowest BCUT2D eigenvalue weighted by atomic mass is 9.98. The number of anilines is 1. The number of imidazole rings is 1. The first kappa shape index (κ1) is 21.8. The van der Waals surface area contributed by atoms with Gasteiger partial charge in [-0.25, -0.2) is 0 Å². The van der Waals surface area contributed by atoms with Crippen molar-refractivity contribution in [3.8, 4) is 22.4 Å². The van der Waals surface area contributed by atoms with E-state index in [1.165, 1.54) is 11.1 Å². The molecule has 0 saturated carbocycles. The van der Waals surface area contributed by atoms with Gasteiger partial charge in [0.05, 0.1) is 16.4 Å². The Balaban J connectivity index is 1.61. The normalized spacial score (nSPS) is 13.1. The molecule has 174 valence electrons. The molecule has 0 bridgehead atoms. The zero-order valence-corrected chi connectivity index (χ0v) is 20.3. The van der Waals surface area contributed by atoms with Crippen molar-refractivity contribution in [3.05, 3.63) is 107 Å². The van der Waals surface area contributed by atoms with Crippen molar-refractivity contribution >= 4 is 28.8 Å². The zero-order valence-electron chi connectivity index (χ0n) is 19.6. The molecule has 0 radical (unpaired) electrons. The Morgan fingerprint density at radius 1 is 0.886 bits per heavy atom. The molecule has 0 unspecified atom stereocenters. The van der Waals surface area contributed by atoms with Crippen LogP contribution in [0.4, 0.5) is 5.69 Å². The molecule has 0 spiro atoms. The molecule has 0 atom stereocenters. The molecular formula is C30H26ClN3O. The summed E-state index contributed by atoms with van der Waals surface area (Å²) in [5.41, 5.74) is 9.19. The summed E-state index contributed by atoms with van der Waals surface area (Å²) in [4.78, 5) is 13.9. The highest BCUT2D eigenvalue weighted by atomic mass is 35.5. The SMILES string of the molecule is Cc1ccc(-c2cn3c(C(=O)Nc4ccccc4Cl)c(-c4ccccc4)c4c3n2CCCC4)cc1. The Labute approximate surface area is 209 Å². The first-order valence-electron chi connectivity index (χ1n) is 12.1. The number of carbonyl (C=O) groups excluding carboxylic acids is 1. The molecule has 5 aromatic rings. The molecule has 35 heavy (non-hydrogen) atoms. The van der Waals surface area contributed by atoms with Crippen LogP contribution < -0.4 is 5.32 Å². The number of aromatic nitrogens is 2. The van der Waals surface area contributed by atoms with Crippen LogP contribution in [0.5, 0.6) is 0 Å². The molecule has 1 amide bonds. The van der Waals surface area contributed by atoms with Gasteiger partial charge in [0, 0.05) is 23.9 Å². The summed E-state index contributed by atoms with van der Waals surface area (Å²) in [5.74, 6) is -0.161. The van der Waals surface area contributed by atoms with Gasteiger partial charge in [-0.2, -0.15) is 0 Å². The lowest BCUT2D eigenvalue weighted by Crippen LogP contribution is -2.15. The largest absolute Gasteiger partial charge is 0.325 e. The highest BCUT2D eigenvalue weighted by Gasteiger charge is 2.29. The van der Waals surface area contributed by atoms with Crippen molar-refractivity contribution in [2.24, 2.45) is 0 Å². The Kier molecular flexibility index (Phi) is 5.46. The van der Waals surface area contributed by atoms with Gasteiger partial charge < -0.3 is 9.88 Å². The average Bonchev–Trinajstić information content (AvgIpc) is 3.29. The number of aryl methyl sites for hydroxylation is 3. The summed E-state index contributed by atoms with van der Waals surface area (Å²) < 4.78 is 4.50. The number of benzene rings is 3. The van der Waals surface area contributed by atoms with Crippen LogP contribution in [0.1, 0.15) is 34.5 Å². The maximum absolute atomic E-state index is 13.9. The molecule has 0 saturated heterocycles. The fourth-order valence-electron chi connectivity index (χ4n) is 5.22. The van der Waals surface area contributed by atoms with Crippen LogP contribution >= 0.6 is 11.6 Å². The average molecular weight is 480 g/mol. The monoisotopic (exact) mass is 479 g/mol. The van der Waals surface area contributed by atoms with E-state index in [1.54, 1.807) is 6.07 Å². The lowest BCUT2D eigenvalue weighted by molar-refractivity contribution is 0.102. The fraction of sp³-hybridized carbons (Fsp3) is 0.167. The third-order valence-electron chi connectivity index (χ3n) is 6.88. The van der Waals surface area contributed by atoms with Crippen LogP contribution in [-0.2, 0) is 13.0 Å². The summed E-state index contributed by atoms with van der Waals surface area (Å²) in [6.45, 7) is 3.03. The molecular weight excluding hydrogens is 454 g/mol. The number of para-hydroxylation sites is 1. The summed E-state index contributed by atoms with van der Waals surface area (Å²) in [7, 11) is 0. The van der Waals surface area contributed by atoms with Gasteiger partial charge in [0.15, 0.2) is 0 Å². The van der Waals surface area contributed by atoms with E-state index in [2.05, 4.69) is 63.8 Å². The van der Waals surface area contributed by atoms with Gasteiger partial charge in [-0.1, -0.05) is 83.9 Å². The Bertz CT molecular complexity index is 1540. The van der Waals surface area contributed by atoms with Gasteiger partial charge in [-0.15, -0.1) is 0 Å². The standard InChI is InChI=1S/C30H26ClN3O/c1-20-14-16-21(17-15-20)26-19-34-28(29(35)32-25-13-6-5-12-24(25)31)27(22-9-3-2-4-10-22)23-11-7-8-18-33(26)30(23)34/h2-6,9-10,12-17,19H,7-8,11,18H2,1H3,(H,32,35). The van der Waals surface area contributed by atoms with Crippen LogP contribution in [0, 0.1) is 6.92 Å². The summed E-state index contributed by atoms with van der Waals surface area (Å²) in [6, 6.07) is 26.2. The van der Waals surface area contributed by atoms with Crippen molar-refractivity contribution in [2.75, 3.05) is 5.32 Å². The van der Waals surface area contributed by atoms with Crippen molar-refractivity contribution in [1.82, 2.24) is 8.97 Å². The van der Waals surface area contributed by atoms with E-state index in [1.807, 2.05) is 36.4 Å². The first-order valence-corrected chi connectivity index (χ1v) is 12.4. The molecule has 0 fully saturated rings. The topological polar surface area (TPSA) is 38.4 Å². The van der Waals surface area contributed by atoms with Crippen molar-refractivity contribution in [1.29, 1.82) is 0 Å². The highest BCUT2D eigenvalue weighted by Crippen LogP contribution is 2.40. The second kappa shape index (κ2) is 8.79. The molecule has 3 heterocycles. The predicted octanol–water partition coefficient (Wildman–Crippen LogP) is 7.63. The Morgan fingerprint density at radius 2 is 1.63 bits per heavy atom. The van der Waals surface area contributed by atoms with E-state index in [9.17, 15) is 4.79 Å². The molecule has 4 nitrogen and oxygen atoms in total. The molecule has 3 aromatic carbocycles. The molecule has 0 aliphatic carbocycles. The minimum absolute atomic E-state index is 0.161.